The highest BCUT2D eigenvalue weighted by Crippen LogP contribution is 2.33. The zero-order chi connectivity index (χ0) is 17.8. The first kappa shape index (κ1) is 17.4. The normalized spacial score (nSPS) is 12.5. The van der Waals surface area contributed by atoms with Crippen LogP contribution in [0.3, 0.4) is 0 Å². The van der Waals surface area contributed by atoms with Gasteiger partial charge in [0.1, 0.15) is 30.5 Å². The van der Waals surface area contributed by atoms with Crippen LogP contribution in [0.2, 0.25) is 0 Å². The summed E-state index contributed by atoms with van der Waals surface area (Å²) < 4.78 is 22.4. The second-order valence-corrected chi connectivity index (χ2v) is 6.23. The number of para-hydroxylation sites is 1. The highest BCUT2D eigenvalue weighted by atomic mass is 79.9. The number of rotatable bonds is 5. The van der Waals surface area contributed by atoms with Crippen LogP contribution in [0.15, 0.2) is 46.4 Å². The van der Waals surface area contributed by atoms with Crippen molar-refractivity contribution in [3.63, 3.8) is 0 Å². The van der Waals surface area contributed by atoms with Gasteiger partial charge in [-0.2, -0.15) is 0 Å². The van der Waals surface area contributed by atoms with Gasteiger partial charge in [0.25, 0.3) is 0 Å². The average molecular weight is 405 g/mol. The van der Waals surface area contributed by atoms with Crippen molar-refractivity contribution < 1.29 is 23.7 Å². The predicted molar refractivity (Wildman–Crippen MR) is 97.0 cm³/mol. The Bertz CT molecular complexity index is 829. The lowest BCUT2D eigenvalue weighted by atomic mass is 10.1. The van der Waals surface area contributed by atoms with E-state index >= 15 is 0 Å². The zero-order valence-electron chi connectivity index (χ0n) is 13.9. The second kappa shape index (κ2) is 7.61. The molecule has 0 amide bonds. The number of carbonyl (C=O) groups is 1. The minimum Gasteiger partial charge on any atom is -0.496 e. The van der Waals surface area contributed by atoms with Crippen molar-refractivity contribution >= 4 is 28.0 Å². The molecule has 0 aliphatic carbocycles. The van der Waals surface area contributed by atoms with Gasteiger partial charge in [0.2, 0.25) is 0 Å². The third-order valence-electron chi connectivity index (χ3n) is 3.81. The summed E-state index contributed by atoms with van der Waals surface area (Å²) in [6.45, 7) is 0.265. The van der Waals surface area contributed by atoms with E-state index in [1.54, 1.807) is 32.4 Å². The molecule has 1 heterocycles. The molecule has 0 bridgehead atoms. The first-order valence-corrected chi connectivity index (χ1v) is 8.41. The molecule has 0 radical (unpaired) electrons. The molecule has 5 nitrogen and oxygen atoms in total. The lowest BCUT2D eigenvalue weighted by Crippen LogP contribution is -2.17. The number of halogens is 1. The zero-order valence-corrected chi connectivity index (χ0v) is 15.5. The van der Waals surface area contributed by atoms with E-state index in [2.05, 4.69) is 15.9 Å². The third kappa shape index (κ3) is 3.79. The van der Waals surface area contributed by atoms with Gasteiger partial charge < -0.3 is 18.9 Å². The predicted octanol–water partition coefficient (Wildman–Crippen LogP) is 3.99. The Morgan fingerprint density at radius 2 is 1.92 bits per heavy atom. The third-order valence-corrected chi connectivity index (χ3v) is 4.43. The molecule has 2 aromatic carbocycles. The first-order chi connectivity index (χ1) is 12.1. The second-order valence-electron chi connectivity index (χ2n) is 5.37. The monoisotopic (exact) mass is 404 g/mol. The molecule has 0 unspecified atom stereocenters. The summed E-state index contributed by atoms with van der Waals surface area (Å²) in [5.74, 6) is 1.59. The Morgan fingerprint density at radius 1 is 1.16 bits per heavy atom. The molecule has 0 aromatic heterocycles. The summed E-state index contributed by atoms with van der Waals surface area (Å²) in [4.78, 5) is 12.4. The highest BCUT2D eigenvalue weighted by molar-refractivity contribution is 9.10. The molecule has 3 rings (SSSR count). The molecular formula is C19H17BrO5. The van der Waals surface area contributed by atoms with E-state index < -0.39 is 5.97 Å². The maximum absolute atomic E-state index is 12.4. The van der Waals surface area contributed by atoms with Crippen LogP contribution < -0.4 is 14.2 Å². The van der Waals surface area contributed by atoms with Gasteiger partial charge in [0.15, 0.2) is 0 Å². The van der Waals surface area contributed by atoms with Crippen molar-refractivity contribution in [2.75, 3.05) is 20.8 Å². The fraction of sp³-hybridized carbons (Fsp3) is 0.211. The summed E-state index contributed by atoms with van der Waals surface area (Å²) in [6, 6.07) is 11.1. The van der Waals surface area contributed by atoms with E-state index in [1.807, 2.05) is 24.3 Å². The molecule has 25 heavy (non-hydrogen) atoms. The lowest BCUT2D eigenvalue weighted by molar-refractivity contribution is -0.140. The van der Waals surface area contributed by atoms with Gasteiger partial charge in [0, 0.05) is 11.1 Å². The van der Waals surface area contributed by atoms with Crippen molar-refractivity contribution in [1.82, 2.24) is 0 Å². The Hall–Kier alpha value is -2.47. The van der Waals surface area contributed by atoms with Gasteiger partial charge in [0.05, 0.1) is 24.3 Å². The molecule has 0 saturated carbocycles. The topological polar surface area (TPSA) is 54.0 Å². The largest absolute Gasteiger partial charge is 0.496 e. The molecule has 0 saturated heterocycles. The van der Waals surface area contributed by atoms with Crippen molar-refractivity contribution in [2.24, 2.45) is 0 Å². The molecular weight excluding hydrogens is 388 g/mol. The van der Waals surface area contributed by atoms with E-state index in [-0.39, 0.29) is 13.2 Å². The number of hydrogen-bond donors (Lipinski definition) is 0. The van der Waals surface area contributed by atoms with Crippen molar-refractivity contribution in [3.05, 3.63) is 57.6 Å². The average Bonchev–Trinajstić information content (AvgIpc) is 2.65. The maximum atomic E-state index is 12.4. The number of esters is 1. The fourth-order valence-corrected chi connectivity index (χ4v) is 2.99. The van der Waals surface area contributed by atoms with Crippen LogP contribution in [-0.2, 0) is 16.1 Å². The number of fused-ring (bicyclic) bond motifs is 1. The minimum atomic E-state index is -0.418. The molecule has 0 atom stereocenters. The standard InChI is InChI=1S/C19H17BrO5/c1-22-17-9-15(20)18(23-2)8-13(17)10-25-19(21)14-7-12-5-3-4-6-16(12)24-11-14/h3-9H,10-11H2,1-2H3. The molecule has 130 valence electrons. The Kier molecular flexibility index (Phi) is 5.28. The van der Waals surface area contributed by atoms with Gasteiger partial charge >= 0.3 is 5.97 Å². The molecule has 0 fully saturated rings. The summed E-state index contributed by atoms with van der Waals surface area (Å²) in [5, 5.41) is 0. The van der Waals surface area contributed by atoms with E-state index in [9.17, 15) is 4.79 Å². The van der Waals surface area contributed by atoms with Crippen LogP contribution in [0.4, 0.5) is 0 Å². The van der Waals surface area contributed by atoms with E-state index in [1.165, 1.54) is 0 Å². The van der Waals surface area contributed by atoms with E-state index in [4.69, 9.17) is 18.9 Å². The Balaban J connectivity index is 1.74. The summed E-state index contributed by atoms with van der Waals surface area (Å²) >= 11 is 3.40. The smallest absolute Gasteiger partial charge is 0.337 e. The Morgan fingerprint density at radius 3 is 2.68 bits per heavy atom. The summed E-state index contributed by atoms with van der Waals surface area (Å²) in [7, 11) is 3.14. The number of ether oxygens (including phenoxy) is 4. The van der Waals surface area contributed by atoms with Crippen LogP contribution in [0.5, 0.6) is 17.2 Å². The number of carbonyl (C=O) groups excluding carboxylic acids is 1. The summed E-state index contributed by atoms with van der Waals surface area (Å²) in [6.07, 6.45) is 1.79. The van der Waals surface area contributed by atoms with Gasteiger partial charge in [-0.3, -0.25) is 0 Å². The van der Waals surface area contributed by atoms with Crippen LogP contribution >= 0.6 is 15.9 Å². The van der Waals surface area contributed by atoms with Gasteiger partial charge in [-0.1, -0.05) is 18.2 Å². The minimum absolute atomic E-state index is 0.0740. The van der Waals surface area contributed by atoms with Crippen molar-refractivity contribution in [1.29, 1.82) is 0 Å². The number of methoxy groups -OCH3 is 2. The lowest BCUT2D eigenvalue weighted by Gasteiger charge is -2.17. The molecule has 6 heteroatoms. The van der Waals surface area contributed by atoms with E-state index in [0.29, 0.717) is 22.6 Å². The van der Waals surface area contributed by atoms with Crippen LogP contribution in [0.1, 0.15) is 11.1 Å². The maximum Gasteiger partial charge on any atom is 0.337 e. The quantitative estimate of drug-likeness (QED) is 0.705. The van der Waals surface area contributed by atoms with Gasteiger partial charge in [-0.15, -0.1) is 0 Å². The van der Waals surface area contributed by atoms with Crippen LogP contribution in [0.25, 0.3) is 6.08 Å². The molecule has 2 aromatic rings. The SMILES string of the molecule is COc1cc(COC(=O)C2=Cc3ccccc3OC2)c(OC)cc1Br. The molecule has 0 N–H and O–H groups in total. The molecule has 1 aliphatic rings. The highest BCUT2D eigenvalue weighted by Gasteiger charge is 2.19. The molecule has 1 aliphatic heterocycles. The fourth-order valence-electron chi connectivity index (χ4n) is 2.51. The first-order valence-electron chi connectivity index (χ1n) is 7.62. The Labute approximate surface area is 154 Å². The van der Waals surface area contributed by atoms with Gasteiger partial charge in [-0.05, 0) is 40.2 Å². The van der Waals surface area contributed by atoms with Crippen molar-refractivity contribution in [3.8, 4) is 17.2 Å². The van der Waals surface area contributed by atoms with Crippen LogP contribution in [-0.4, -0.2) is 26.8 Å². The van der Waals surface area contributed by atoms with Crippen molar-refractivity contribution in [2.45, 2.75) is 6.61 Å². The number of hydrogen-bond acceptors (Lipinski definition) is 5. The number of benzene rings is 2. The van der Waals surface area contributed by atoms with Gasteiger partial charge in [-0.25, -0.2) is 4.79 Å². The molecule has 0 spiro atoms. The van der Waals surface area contributed by atoms with Crippen LogP contribution in [0, 0.1) is 0 Å². The summed E-state index contributed by atoms with van der Waals surface area (Å²) in [5.41, 5.74) is 2.05. The van der Waals surface area contributed by atoms with E-state index in [0.717, 1.165) is 15.8 Å².